The number of amides is 1. The molecule has 0 aliphatic rings. The molecule has 0 spiro atoms. The van der Waals surface area contributed by atoms with Crippen LogP contribution in [-0.2, 0) is 11.3 Å². The molecular formula is C22H24N2O3. The molecule has 3 aromatic carbocycles. The van der Waals surface area contributed by atoms with Crippen molar-refractivity contribution >= 4 is 22.4 Å². The second-order valence-electron chi connectivity index (χ2n) is 6.47. The lowest BCUT2D eigenvalue weighted by molar-refractivity contribution is -0.117. The molecule has 0 heterocycles. The summed E-state index contributed by atoms with van der Waals surface area (Å²) in [5.41, 5.74) is 1.85. The van der Waals surface area contributed by atoms with Crippen LogP contribution in [0.4, 0.5) is 5.69 Å². The minimum atomic E-state index is -0.0782. The van der Waals surface area contributed by atoms with Crippen LogP contribution in [0.2, 0.25) is 0 Å². The third-order valence-electron chi connectivity index (χ3n) is 4.35. The van der Waals surface area contributed by atoms with Gasteiger partial charge in [0.05, 0.1) is 20.8 Å². The molecule has 5 nitrogen and oxygen atoms in total. The Morgan fingerprint density at radius 3 is 2.41 bits per heavy atom. The number of benzene rings is 3. The van der Waals surface area contributed by atoms with E-state index in [-0.39, 0.29) is 5.91 Å². The average Bonchev–Trinajstić information content (AvgIpc) is 2.67. The van der Waals surface area contributed by atoms with Gasteiger partial charge in [-0.15, -0.1) is 0 Å². The molecule has 0 saturated heterocycles. The van der Waals surface area contributed by atoms with E-state index in [0.717, 1.165) is 0 Å². The minimum absolute atomic E-state index is 0.0782. The van der Waals surface area contributed by atoms with E-state index in [1.165, 1.54) is 16.3 Å². The highest BCUT2D eigenvalue weighted by Gasteiger charge is 2.10. The normalized spacial score (nSPS) is 10.8. The molecule has 0 aliphatic heterocycles. The fourth-order valence-electron chi connectivity index (χ4n) is 3.06. The lowest BCUT2D eigenvalue weighted by Gasteiger charge is -2.17. The van der Waals surface area contributed by atoms with Gasteiger partial charge in [-0.3, -0.25) is 9.69 Å². The van der Waals surface area contributed by atoms with Crippen molar-refractivity contribution in [2.24, 2.45) is 0 Å². The van der Waals surface area contributed by atoms with Gasteiger partial charge in [0.15, 0.2) is 11.5 Å². The summed E-state index contributed by atoms with van der Waals surface area (Å²) in [4.78, 5) is 14.3. The predicted molar refractivity (Wildman–Crippen MR) is 108 cm³/mol. The van der Waals surface area contributed by atoms with E-state index in [0.29, 0.717) is 30.3 Å². The summed E-state index contributed by atoms with van der Waals surface area (Å²) in [5.74, 6) is 1.13. The number of anilines is 1. The first kappa shape index (κ1) is 18.7. The summed E-state index contributed by atoms with van der Waals surface area (Å²) < 4.78 is 10.5. The molecule has 3 aromatic rings. The molecular weight excluding hydrogens is 340 g/mol. The molecule has 5 heteroatoms. The van der Waals surface area contributed by atoms with Crippen LogP contribution in [0.5, 0.6) is 11.5 Å². The number of nitrogens with one attached hydrogen (secondary N) is 1. The van der Waals surface area contributed by atoms with Crippen LogP contribution in [0.25, 0.3) is 10.8 Å². The Bertz CT molecular complexity index is 940. The third kappa shape index (κ3) is 4.77. The van der Waals surface area contributed by atoms with E-state index < -0.39 is 0 Å². The maximum Gasteiger partial charge on any atom is 0.238 e. The first-order chi connectivity index (χ1) is 13.1. The Hall–Kier alpha value is -3.05. The van der Waals surface area contributed by atoms with E-state index in [2.05, 4.69) is 35.6 Å². The largest absolute Gasteiger partial charge is 0.493 e. The highest BCUT2D eigenvalue weighted by atomic mass is 16.5. The van der Waals surface area contributed by atoms with E-state index in [4.69, 9.17) is 9.47 Å². The van der Waals surface area contributed by atoms with E-state index in [9.17, 15) is 4.79 Å². The summed E-state index contributed by atoms with van der Waals surface area (Å²) in [6, 6.07) is 20.0. The van der Waals surface area contributed by atoms with Gasteiger partial charge in [-0.25, -0.2) is 0 Å². The molecule has 0 aromatic heterocycles. The molecule has 140 valence electrons. The van der Waals surface area contributed by atoms with Crippen LogP contribution in [0.1, 0.15) is 5.56 Å². The zero-order valence-corrected chi connectivity index (χ0v) is 15.9. The molecule has 0 saturated carbocycles. The Morgan fingerprint density at radius 1 is 0.926 bits per heavy atom. The van der Waals surface area contributed by atoms with Gasteiger partial charge in [0, 0.05) is 18.3 Å². The second kappa shape index (κ2) is 8.56. The van der Waals surface area contributed by atoms with Crippen LogP contribution in [0.15, 0.2) is 60.7 Å². The summed E-state index contributed by atoms with van der Waals surface area (Å²) in [5, 5.41) is 5.32. The van der Waals surface area contributed by atoms with Crippen molar-refractivity contribution in [3.05, 3.63) is 66.2 Å². The monoisotopic (exact) mass is 364 g/mol. The van der Waals surface area contributed by atoms with Crippen LogP contribution >= 0.6 is 0 Å². The molecule has 0 bridgehead atoms. The van der Waals surface area contributed by atoms with Gasteiger partial charge >= 0.3 is 0 Å². The Labute approximate surface area is 159 Å². The van der Waals surface area contributed by atoms with Crippen molar-refractivity contribution in [3.63, 3.8) is 0 Å². The summed E-state index contributed by atoms with van der Waals surface area (Å²) in [6.45, 7) is 0.991. The van der Waals surface area contributed by atoms with Crippen LogP contribution in [-0.4, -0.2) is 38.6 Å². The SMILES string of the molecule is COc1ccc(NC(=O)CN(C)Cc2ccc3ccccc3c2)cc1OC. The average molecular weight is 364 g/mol. The first-order valence-corrected chi connectivity index (χ1v) is 8.77. The number of fused-ring (bicyclic) bond motifs is 1. The predicted octanol–water partition coefficient (Wildman–Crippen LogP) is 3.93. The summed E-state index contributed by atoms with van der Waals surface area (Å²) in [6.07, 6.45) is 0. The Morgan fingerprint density at radius 2 is 1.67 bits per heavy atom. The maximum absolute atomic E-state index is 12.4. The van der Waals surface area contributed by atoms with Crippen LogP contribution in [0.3, 0.4) is 0 Å². The third-order valence-corrected chi connectivity index (χ3v) is 4.35. The van der Waals surface area contributed by atoms with Crippen molar-refractivity contribution in [1.82, 2.24) is 4.90 Å². The van der Waals surface area contributed by atoms with Gasteiger partial charge in [-0.05, 0) is 41.6 Å². The summed E-state index contributed by atoms with van der Waals surface area (Å²) >= 11 is 0. The molecule has 3 rings (SSSR count). The highest BCUT2D eigenvalue weighted by Crippen LogP contribution is 2.29. The molecule has 0 radical (unpaired) electrons. The standard InChI is InChI=1S/C22H24N2O3/c1-24(14-16-8-9-17-6-4-5-7-18(17)12-16)15-22(25)23-19-10-11-20(26-2)21(13-19)27-3/h4-13H,14-15H2,1-3H3,(H,23,25). The Balaban J connectivity index is 1.59. The molecule has 0 aliphatic carbocycles. The Kier molecular flexibility index (Phi) is 5.94. The molecule has 1 amide bonds. The lowest BCUT2D eigenvalue weighted by Crippen LogP contribution is -2.29. The van der Waals surface area contributed by atoms with Gasteiger partial charge < -0.3 is 14.8 Å². The highest BCUT2D eigenvalue weighted by molar-refractivity contribution is 5.92. The lowest BCUT2D eigenvalue weighted by atomic mass is 10.1. The van der Waals surface area contributed by atoms with Crippen LogP contribution < -0.4 is 14.8 Å². The van der Waals surface area contributed by atoms with Crippen molar-refractivity contribution in [3.8, 4) is 11.5 Å². The van der Waals surface area contributed by atoms with Crippen molar-refractivity contribution in [1.29, 1.82) is 0 Å². The maximum atomic E-state index is 12.4. The van der Waals surface area contributed by atoms with Gasteiger partial charge in [-0.2, -0.15) is 0 Å². The van der Waals surface area contributed by atoms with Crippen molar-refractivity contribution in [2.75, 3.05) is 33.1 Å². The summed E-state index contributed by atoms with van der Waals surface area (Å²) in [7, 11) is 5.09. The fourth-order valence-corrected chi connectivity index (χ4v) is 3.06. The van der Waals surface area contributed by atoms with Crippen molar-refractivity contribution < 1.29 is 14.3 Å². The number of hydrogen-bond acceptors (Lipinski definition) is 4. The molecule has 1 N–H and O–H groups in total. The zero-order chi connectivity index (χ0) is 19.2. The van der Waals surface area contributed by atoms with Gasteiger partial charge in [0.1, 0.15) is 0 Å². The van der Waals surface area contributed by atoms with E-state index >= 15 is 0 Å². The second-order valence-corrected chi connectivity index (χ2v) is 6.47. The van der Waals surface area contributed by atoms with Crippen LogP contribution in [0, 0.1) is 0 Å². The number of rotatable bonds is 7. The fraction of sp³-hybridized carbons (Fsp3) is 0.227. The number of nitrogens with zero attached hydrogens (tertiary/aromatic N) is 1. The quantitative estimate of drug-likeness (QED) is 0.690. The smallest absolute Gasteiger partial charge is 0.238 e. The van der Waals surface area contributed by atoms with Crippen molar-refractivity contribution in [2.45, 2.75) is 6.54 Å². The zero-order valence-electron chi connectivity index (χ0n) is 15.9. The van der Waals surface area contributed by atoms with Gasteiger partial charge in [0.2, 0.25) is 5.91 Å². The molecule has 27 heavy (non-hydrogen) atoms. The number of carbonyl (C=O) groups excluding carboxylic acids is 1. The minimum Gasteiger partial charge on any atom is -0.493 e. The van der Waals surface area contributed by atoms with Gasteiger partial charge in [0.25, 0.3) is 0 Å². The number of likely N-dealkylation sites (N-methyl/N-ethyl adjacent to an activating group) is 1. The number of hydrogen-bond donors (Lipinski definition) is 1. The topological polar surface area (TPSA) is 50.8 Å². The molecule has 0 unspecified atom stereocenters. The first-order valence-electron chi connectivity index (χ1n) is 8.77. The number of ether oxygens (including phenoxy) is 2. The number of carbonyl (C=O) groups is 1. The number of methoxy groups -OCH3 is 2. The van der Waals surface area contributed by atoms with E-state index in [1.807, 2.05) is 24.1 Å². The molecule has 0 atom stereocenters. The van der Waals surface area contributed by atoms with E-state index in [1.54, 1.807) is 32.4 Å². The molecule has 0 fully saturated rings. The van der Waals surface area contributed by atoms with Gasteiger partial charge in [-0.1, -0.05) is 36.4 Å².